The van der Waals surface area contributed by atoms with Crippen LogP contribution in [-0.2, 0) is 15.8 Å². The highest BCUT2D eigenvalue weighted by Crippen LogP contribution is 2.40. The van der Waals surface area contributed by atoms with E-state index in [-0.39, 0.29) is 18.1 Å². The van der Waals surface area contributed by atoms with Crippen molar-refractivity contribution in [2.24, 2.45) is 5.92 Å². The van der Waals surface area contributed by atoms with E-state index >= 15 is 0 Å². The number of benzene rings is 1. The Labute approximate surface area is 175 Å². The smallest absolute Gasteiger partial charge is 0.383 e. The van der Waals surface area contributed by atoms with Gasteiger partial charge in [0, 0.05) is 25.2 Å². The number of alkyl halides is 4. The molecule has 1 N–H and O–H groups in total. The zero-order chi connectivity index (χ0) is 21.8. The zero-order valence-corrected chi connectivity index (χ0v) is 16.8. The van der Waals surface area contributed by atoms with Crippen LogP contribution in [0.15, 0.2) is 36.4 Å². The Morgan fingerprint density at radius 1 is 1.17 bits per heavy atom. The summed E-state index contributed by atoms with van der Waals surface area (Å²) < 4.78 is 40.0. The van der Waals surface area contributed by atoms with E-state index in [0.717, 1.165) is 17.0 Å². The number of hydrogen-bond donors (Lipinski definition) is 1. The third-order valence-corrected chi connectivity index (χ3v) is 5.93. The standard InChI is InChI=1S/C20H18ClF3N4O2/c1-10-7-11(20(22,23)24)8-15(26-10)28-17-12(16(21)18(28)29)9-25-13-5-3-4-6-14(13)27(2)19(17)30/h3-8,12,16-17,25H,9H2,1-2H3. The minimum atomic E-state index is -4.62. The molecule has 0 aliphatic carbocycles. The van der Waals surface area contributed by atoms with Gasteiger partial charge in [-0.05, 0) is 31.2 Å². The summed E-state index contributed by atoms with van der Waals surface area (Å²) in [6, 6.07) is 7.71. The number of para-hydroxylation sites is 2. The van der Waals surface area contributed by atoms with E-state index in [0.29, 0.717) is 11.4 Å². The first kappa shape index (κ1) is 20.5. The third kappa shape index (κ3) is 3.27. The van der Waals surface area contributed by atoms with E-state index < -0.39 is 40.9 Å². The van der Waals surface area contributed by atoms with Crippen molar-refractivity contribution in [3.05, 3.63) is 47.7 Å². The second-order valence-electron chi connectivity index (χ2n) is 7.37. The predicted octanol–water partition coefficient (Wildman–Crippen LogP) is 3.44. The number of amides is 2. The van der Waals surface area contributed by atoms with Crippen LogP contribution in [0, 0.1) is 12.8 Å². The first-order chi connectivity index (χ1) is 14.1. The molecule has 1 saturated heterocycles. The van der Waals surface area contributed by atoms with Crippen LogP contribution in [-0.4, -0.2) is 41.8 Å². The fraction of sp³-hybridized carbons (Fsp3) is 0.350. The molecule has 2 aliphatic heterocycles. The summed E-state index contributed by atoms with van der Waals surface area (Å²) in [6.07, 6.45) is -4.62. The summed E-state index contributed by atoms with van der Waals surface area (Å²) in [6.45, 7) is 1.61. The number of hydrogen-bond acceptors (Lipinski definition) is 4. The van der Waals surface area contributed by atoms with Crippen molar-refractivity contribution < 1.29 is 22.8 Å². The van der Waals surface area contributed by atoms with Crippen molar-refractivity contribution in [3.63, 3.8) is 0 Å². The molecule has 1 fully saturated rings. The van der Waals surface area contributed by atoms with Gasteiger partial charge in [0.15, 0.2) is 0 Å². The van der Waals surface area contributed by atoms with Crippen LogP contribution in [0.5, 0.6) is 0 Å². The number of nitrogens with one attached hydrogen (secondary N) is 1. The minimum Gasteiger partial charge on any atom is -0.383 e. The zero-order valence-electron chi connectivity index (χ0n) is 16.1. The number of aryl methyl sites for hydroxylation is 1. The molecule has 0 bridgehead atoms. The number of carbonyl (C=O) groups is 2. The molecule has 1 aromatic heterocycles. The van der Waals surface area contributed by atoms with Crippen molar-refractivity contribution in [2.45, 2.75) is 24.5 Å². The van der Waals surface area contributed by atoms with E-state index in [9.17, 15) is 22.8 Å². The normalized spacial score (nSPS) is 24.1. The van der Waals surface area contributed by atoms with Crippen LogP contribution in [0.2, 0.25) is 0 Å². The quantitative estimate of drug-likeness (QED) is 0.693. The molecule has 30 heavy (non-hydrogen) atoms. The summed E-state index contributed by atoms with van der Waals surface area (Å²) >= 11 is 6.36. The van der Waals surface area contributed by atoms with Gasteiger partial charge in [-0.25, -0.2) is 4.98 Å². The van der Waals surface area contributed by atoms with Gasteiger partial charge in [0.05, 0.1) is 16.9 Å². The molecule has 0 radical (unpaired) electrons. The van der Waals surface area contributed by atoms with Crippen molar-refractivity contribution in [1.29, 1.82) is 0 Å². The monoisotopic (exact) mass is 438 g/mol. The highest BCUT2D eigenvalue weighted by atomic mass is 35.5. The number of anilines is 3. The molecule has 3 heterocycles. The van der Waals surface area contributed by atoms with E-state index in [4.69, 9.17) is 11.6 Å². The molecule has 2 amide bonds. The lowest BCUT2D eigenvalue weighted by molar-refractivity contribution is -0.137. The lowest BCUT2D eigenvalue weighted by Gasteiger charge is -2.34. The number of aromatic nitrogens is 1. The molecule has 3 unspecified atom stereocenters. The average molecular weight is 439 g/mol. The Morgan fingerprint density at radius 3 is 2.57 bits per heavy atom. The molecule has 2 aliphatic rings. The van der Waals surface area contributed by atoms with Crippen LogP contribution in [0.4, 0.5) is 30.4 Å². The van der Waals surface area contributed by atoms with Crippen LogP contribution >= 0.6 is 11.6 Å². The lowest BCUT2D eigenvalue weighted by Crippen LogP contribution is -2.51. The number of likely N-dealkylation sites (N-methyl/N-ethyl adjacent to an activating group) is 1. The van der Waals surface area contributed by atoms with E-state index in [1.54, 1.807) is 25.2 Å². The molecule has 6 nitrogen and oxygen atoms in total. The summed E-state index contributed by atoms with van der Waals surface area (Å²) in [5.74, 6) is -1.98. The van der Waals surface area contributed by atoms with E-state index in [1.165, 1.54) is 11.8 Å². The minimum absolute atomic E-state index is 0.0808. The number of fused-ring (bicyclic) bond motifs is 2. The molecule has 10 heteroatoms. The summed E-state index contributed by atoms with van der Waals surface area (Å²) in [4.78, 5) is 32.9. The fourth-order valence-electron chi connectivity index (χ4n) is 3.97. The van der Waals surface area contributed by atoms with E-state index in [2.05, 4.69) is 10.3 Å². The molecule has 2 aromatic rings. The molecule has 0 spiro atoms. The Bertz CT molecular complexity index is 1030. The first-order valence-corrected chi connectivity index (χ1v) is 9.66. The number of pyridine rings is 1. The highest BCUT2D eigenvalue weighted by molar-refractivity contribution is 6.35. The number of carbonyl (C=O) groups excluding carboxylic acids is 2. The number of halogens is 4. The summed E-state index contributed by atoms with van der Waals surface area (Å²) in [7, 11) is 1.56. The average Bonchev–Trinajstić information content (AvgIpc) is 2.94. The second kappa shape index (κ2) is 7.16. The van der Waals surface area contributed by atoms with Crippen LogP contribution in [0.3, 0.4) is 0 Å². The molecular formula is C20H18ClF3N4O2. The van der Waals surface area contributed by atoms with Crippen molar-refractivity contribution in [1.82, 2.24) is 4.98 Å². The van der Waals surface area contributed by atoms with Crippen molar-refractivity contribution >= 4 is 40.6 Å². The predicted molar refractivity (Wildman–Crippen MR) is 107 cm³/mol. The SMILES string of the molecule is Cc1cc(C(F)(F)F)cc(N2C(=O)C(Cl)C3CNc4ccccc4N(C)C(=O)C32)n1. The van der Waals surface area contributed by atoms with Gasteiger partial charge in [0.2, 0.25) is 11.8 Å². The molecule has 1 aromatic carbocycles. The fourth-order valence-corrected chi connectivity index (χ4v) is 4.30. The maximum atomic E-state index is 13.4. The van der Waals surface area contributed by atoms with Crippen LogP contribution < -0.4 is 15.1 Å². The van der Waals surface area contributed by atoms with Gasteiger partial charge in [-0.15, -0.1) is 11.6 Å². The third-order valence-electron chi connectivity index (χ3n) is 5.42. The van der Waals surface area contributed by atoms with Crippen molar-refractivity contribution in [2.75, 3.05) is 28.7 Å². The Balaban J connectivity index is 1.82. The van der Waals surface area contributed by atoms with Gasteiger partial charge < -0.3 is 10.2 Å². The summed E-state index contributed by atoms with van der Waals surface area (Å²) in [5.41, 5.74) is 0.439. The van der Waals surface area contributed by atoms with E-state index in [1.807, 2.05) is 6.07 Å². The Kier molecular flexibility index (Phi) is 4.88. The molecule has 4 rings (SSSR count). The molecule has 3 atom stereocenters. The van der Waals surface area contributed by atoms with Gasteiger partial charge in [-0.3, -0.25) is 14.5 Å². The summed E-state index contributed by atoms with van der Waals surface area (Å²) in [5, 5.41) is 2.12. The maximum absolute atomic E-state index is 13.4. The molecular weight excluding hydrogens is 421 g/mol. The Morgan fingerprint density at radius 2 is 1.87 bits per heavy atom. The van der Waals surface area contributed by atoms with Gasteiger partial charge >= 0.3 is 6.18 Å². The molecule has 158 valence electrons. The number of rotatable bonds is 1. The van der Waals surface area contributed by atoms with Gasteiger partial charge in [-0.2, -0.15) is 13.2 Å². The van der Waals surface area contributed by atoms with Crippen LogP contribution in [0.1, 0.15) is 11.3 Å². The topological polar surface area (TPSA) is 65.5 Å². The lowest BCUT2D eigenvalue weighted by atomic mass is 9.96. The Hall–Kier alpha value is -2.81. The maximum Gasteiger partial charge on any atom is 0.416 e. The number of nitrogens with zero attached hydrogens (tertiary/aromatic N) is 3. The van der Waals surface area contributed by atoms with Crippen LogP contribution in [0.25, 0.3) is 0 Å². The largest absolute Gasteiger partial charge is 0.416 e. The van der Waals surface area contributed by atoms with Gasteiger partial charge in [-0.1, -0.05) is 12.1 Å². The first-order valence-electron chi connectivity index (χ1n) is 9.23. The molecule has 0 saturated carbocycles. The van der Waals surface area contributed by atoms with Gasteiger partial charge in [0.1, 0.15) is 17.2 Å². The highest BCUT2D eigenvalue weighted by Gasteiger charge is 2.53. The second-order valence-corrected chi connectivity index (χ2v) is 7.84. The van der Waals surface area contributed by atoms with Gasteiger partial charge in [0.25, 0.3) is 0 Å². The van der Waals surface area contributed by atoms with Crippen molar-refractivity contribution in [3.8, 4) is 0 Å².